The number of rotatable bonds is 6. The number of nitrogens with one attached hydrogen (secondary N) is 1. The van der Waals surface area contributed by atoms with E-state index in [1.165, 1.54) is 18.4 Å². The molecule has 0 spiro atoms. The molecule has 2 N–H and O–H groups in total. The molecule has 5 heteroatoms. The molecule has 1 aromatic rings. The molecule has 178 valence electrons. The van der Waals surface area contributed by atoms with Gasteiger partial charge in [0.1, 0.15) is 0 Å². The normalized spacial score (nSPS) is 31.0. The second kappa shape index (κ2) is 10.7. The van der Waals surface area contributed by atoms with Gasteiger partial charge in [-0.05, 0) is 97.0 Å². The predicted octanol–water partition coefficient (Wildman–Crippen LogP) is 3.56. The molecule has 4 rings (SSSR count). The fourth-order valence-electron chi connectivity index (χ4n) is 6.30. The Labute approximate surface area is 194 Å². The molecule has 0 bridgehead atoms. The quantitative estimate of drug-likeness (QED) is 0.663. The first-order valence-corrected chi connectivity index (χ1v) is 13.0. The number of nitrogens with zero attached hydrogens (tertiary/aromatic N) is 2. The number of carbonyl (C=O) groups is 1. The number of likely N-dealkylation sites (tertiary alicyclic amines) is 2. The summed E-state index contributed by atoms with van der Waals surface area (Å²) in [5, 5.41) is 14.4. The van der Waals surface area contributed by atoms with Crippen molar-refractivity contribution < 1.29 is 9.90 Å². The van der Waals surface area contributed by atoms with Crippen LogP contribution in [0.4, 0.5) is 0 Å². The summed E-state index contributed by atoms with van der Waals surface area (Å²) in [7, 11) is 0. The highest BCUT2D eigenvalue weighted by atomic mass is 16.3. The predicted molar refractivity (Wildman–Crippen MR) is 130 cm³/mol. The molecule has 1 saturated carbocycles. The van der Waals surface area contributed by atoms with Crippen molar-refractivity contribution in [3.05, 3.63) is 35.9 Å². The minimum atomic E-state index is -0.269. The monoisotopic (exact) mass is 441 g/mol. The zero-order valence-corrected chi connectivity index (χ0v) is 20.1. The molecule has 2 aliphatic heterocycles. The minimum Gasteiger partial charge on any atom is -0.391 e. The Hall–Kier alpha value is -1.43. The van der Waals surface area contributed by atoms with Crippen molar-refractivity contribution >= 4 is 5.91 Å². The maximum Gasteiger partial charge on any atom is 0.223 e. The number of hydrogen-bond donors (Lipinski definition) is 2. The summed E-state index contributed by atoms with van der Waals surface area (Å²) < 4.78 is 0. The number of carbonyl (C=O) groups excluding carboxylic acids is 1. The minimum absolute atomic E-state index is 0.0923. The molecule has 1 aliphatic carbocycles. The highest BCUT2D eigenvalue weighted by Gasteiger charge is 2.40. The fourth-order valence-corrected chi connectivity index (χ4v) is 6.30. The van der Waals surface area contributed by atoms with E-state index in [1.54, 1.807) is 0 Å². The number of piperidine rings is 1. The van der Waals surface area contributed by atoms with E-state index in [1.807, 2.05) is 0 Å². The van der Waals surface area contributed by atoms with Gasteiger partial charge in [-0.1, -0.05) is 30.3 Å². The van der Waals surface area contributed by atoms with Crippen molar-refractivity contribution in [3.63, 3.8) is 0 Å². The molecule has 3 aliphatic rings. The smallest absolute Gasteiger partial charge is 0.223 e. The van der Waals surface area contributed by atoms with Crippen LogP contribution in [0.3, 0.4) is 0 Å². The van der Waals surface area contributed by atoms with E-state index in [-0.39, 0.29) is 29.4 Å². The van der Waals surface area contributed by atoms with Gasteiger partial charge in [-0.2, -0.15) is 0 Å². The van der Waals surface area contributed by atoms with E-state index in [0.29, 0.717) is 12.6 Å². The van der Waals surface area contributed by atoms with Crippen molar-refractivity contribution in [2.24, 2.45) is 5.92 Å². The number of aliphatic hydroxyl groups excluding tert-OH is 1. The summed E-state index contributed by atoms with van der Waals surface area (Å²) in [6.07, 6.45) is 7.89. The van der Waals surface area contributed by atoms with Crippen LogP contribution < -0.4 is 5.32 Å². The van der Waals surface area contributed by atoms with Crippen LogP contribution in [-0.2, 0) is 10.2 Å². The van der Waals surface area contributed by atoms with Crippen molar-refractivity contribution in [2.75, 3.05) is 32.7 Å². The molecule has 0 radical (unpaired) electrons. The van der Waals surface area contributed by atoms with Gasteiger partial charge in [-0.25, -0.2) is 0 Å². The van der Waals surface area contributed by atoms with E-state index in [9.17, 15) is 9.90 Å². The number of amides is 1. The largest absolute Gasteiger partial charge is 0.391 e. The molecule has 1 aromatic carbocycles. The lowest BCUT2D eigenvalue weighted by Gasteiger charge is -2.36. The van der Waals surface area contributed by atoms with E-state index < -0.39 is 0 Å². The highest BCUT2D eigenvalue weighted by molar-refractivity contribution is 5.78. The summed E-state index contributed by atoms with van der Waals surface area (Å²) in [5.74, 6) is 0.358. The van der Waals surface area contributed by atoms with Gasteiger partial charge in [-0.15, -0.1) is 0 Å². The van der Waals surface area contributed by atoms with Crippen molar-refractivity contribution in [2.45, 2.75) is 88.8 Å². The standard InChI is InChI=1S/C27H43N3O2/c1-21(2)29-18-12-22(13-19-29)26(32)28-20-27(23-8-4-3-5-9-23)14-10-24(25(31)11-15-27)30-16-6-7-17-30/h3-5,8-9,21-22,24-25,31H,6-7,10-20H2,1-2H3,(H,28,32)/t24-,25-,27-/m0/s1. The summed E-state index contributed by atoms with van der Waals surface area (Å²) in [6.45, 7) is 9.42. The van der Waals surface area contributed by atoms with Gasteiger partial charge in [0.05, 0.1) is 6.10 Å². The Morgan fingerprint density at radius 1 is 1.03 bits per heavy atom. The summed E-state index contributed by atoms with van der Waals surface area (Å²) in [6, 6.07) is 11.5. The summed E-state index contributed by atoms with van der Waals surface area (Å²) >= 11 is 0. The Kier molecular flexibility index (Phi) is 7.91. The lowest BCUT2D eigenvalue weighted by Crippen LogP contribution is -2.46. The highest BCUT2D eigenvalue weighted by Crippen LogP contribution is 2.40. The zero-order chi connectivity index (χ0) is 22.6. The van der Waals surface area contributed by atoms with Crippen molar-refractivity contribution in [3.8, 4) is 0 Å². The van der Waals surface area contributed by atoms with E-state index in [4.69, 9.17) is 0 Å². The molecule has 2 saturated heterocycles. The van der Waals surface area contributed by atoms with E-state index in [2.05, 4.69) is 59.3 Å². The molecule has 0 unspecified atom stereocenters. The second-order valence-corrected chi connectivity index (χ2v) is 10.7. The van der Waals surface area contributed by atoms with E-state index >= 15 is 0 Å². The van der Waals surface area contributed by atoms with Gasteiger partial charge < -0.3 is 15.3 Å². The maximum absolute atomic E-state index is 13.1. The topological polar surface area (TPSA) is 55.8 Å². The van der Waals surface area contributed by atoms with Crippen LogP contribution in [0.2, 0.25) is 0 Å². The SMILES string of the molecule is CC(C)N1CCC(C(=O)NC[C@@]2(c3ccccc3)CC[C@H](O)[C@@H](N3CCCC3)CC2)CC1. The van der Waals surface area contributed by atoms with Gasteiger partial charge >= 0.3 is 0 Å². The van der Waals surface area contributed by atoms with Crippen LogP contribution in [0.15, 0.2) is 30.3 Å². The average molecular weight is 442 g/mol. The van der Waals surface area contributed by atoms with Gasteiger partial charge in [0.2, 0.25) is 5.91 Å². The fraction of sp³-hybridized carbons (Fsp3) is 0.741. The number of benzene rings is 1. The third-order valence-corrected chi connectivity index (χ3v) is 8.51. The third-order valence-electron chi connectivity index (χ3n) is 8.51. The Morgan fingerprint density at radius 2 is 1.69 bits per heavy atom. The summed E-state index contributed by atoms with van der Waals surface area (Å²) in [5.41, 5.74) is 1.22. The average Bonchev–Trinajstić information content (AvgIpc) is 3.29. The zero-order valence-electron chi connectivity index (χ0n) is 20.1. The molecule has 5 nitrogen and oxygen atoms in total. The first kappa shape index (κ1) is 23.7. The number of aliphatic hydroxyl groups is 1. The Bertz CT molecular complexity index is 726. The number of hydrogen-bond acceptors (Lipinski definition) is 4. The van der Waals surface area contributed by atoms with Crippen LogP contribution in [0.25, 0.3) is 0 Å². The molecule has 3 fully saturated rings. The van der Waals surface area contributed by atoms with Gasteiger partial charge in [-0.3, -0.25) is 9.69 Å². The van der Waals surface area contributed by atoms with Crippen molar-refractivity contribution in [1.82, 2.24) is 15.1 Å². The van der Waals surface area contributed by atoms with Gasteiger partial charge in [0.15, 0.2) is 0 Å². The first-order chi connectivity index (χ1) is 15.5. The Morgan fingerprint density at radius 3 is 2.34 bits per heavy atom. The van der Waals surface area contributed by atoms with Crippen LogP contribution in [0.1, 0.15) is 70.8 Å². The van der Waals surface area contributed by atoms with Gasteiger partial charge in [0.25, 0.3) is 0 Å². The molecular formula is C27H43N3O2. The molecule has 32 heavy (non-hydrogen) atoms. The third kappa shape index (κ3) is 5.37. The molecule has 0 aromatic heterocycles. The maximum atomic E-state index is 13.1. The van der Waals surface area contributed by atoms with Crippen LogP contribution in [-0.4, -0.2) is 71.7 Å². The lowest BCUT2D eigenvalue weighted by atomic mass is 9.74. The van der Waals surface area contributed by atoms with Crippen LogP contribution in [0.5, 0.6) is 0 Å². The molecule has 1 amide bonds. The van der Waals surface area contributed by atoms with Gasteiger partial charge in [0, 0.05) is 30.0 Å². The van der Waals surface area contributed by atoms with E-state index in [0.717, 1.165) is 64.7 Å². The molecule has 3 atom stereocenters. The lowest BCUT2D eigenvalue weighted by molar-refractivity contribution is -0.126. The van der Waals surface area contributed by atoms with Crippen LogP contribution in [0, 0.1) is 5.92 Å². The summed E-state index contributed by atoms with van der Waals surface area (Å²) in [4.78, 5) is 18.1. The molecular weight excluding hydrogens is 398 g/mol. The van der Waals surface area contributed by atoms with Crippen LogP contribution >= 0.6 is 0 Å². The Balaban J connectivity index is 1.44. The second-order valence-electron chi connectivity index (χ2n) is 10.7. The van der Waals surface area contributed by atoms with Crippen molar-refractivity contribution in [1.29, 1.82) is 0 Å². The molecule has 2 heterocycles. The first-order valence-electron chi connectivity index (χ1n) is 13.0.